The summed E-state index contributed by atoms with van der Waals surface area (Å²) in [6.45, 7) is 1.57. The first kappa shape index (κ1) is 22.3. The van der Waals surface area contributed by atoms with Crippen molar-refractivity contribution in [3.8, 4) is 11.4 Å². The fourth-order valence-electron chi connectivity index (χ4n) is 3.32. The van der Waals surface area contributed by atoms with Gasteiger partial charge in [-0.25, -0.2) is 14.5 Å². The van der Waals surface area contributed by atoms with Crippen LogP contribution in [0.4, 0.5) is 4.79 Å². The molecule has 2 heterocycles. The Morgan fingerprint density at radius 2 is 1.81 bits per heavy atom. The number of amides is 2. The highest BCUT2D eigenvalue weighted by molar-refractivity contribution is 5.75. The number of aliphatic hydroxyl groups excluding tert-OH is 1. The molecule has 1 aromatic carbocycles. The molecule has 10 heteroatoms. The van der Waals surface area contributed by atoms with Gasteiger partial charge in [0.2, 0.25) is 0 Å². The number of aromatic nitrogens is 4. The SMILES string of the molecule is CN(C)C(=O)N(CCCO)CCCCn1cnc2c(cnn2-c2ccc(O)cc2)c1=O. The fraction of sp³-hybridized carbons (Fsp3) is 0.429. The summed E-state index contributed by atoms with van der Waals surface area (Å²) in [4.78, 5) is 32.7. The smallest absolute Gasteiger partial charge is 0.319 e. The number of aliphatic hydroxyl groups is 1. The van der Waals surface area contributed by atoms with Crippen molar-refractivity contribution in [3.05, 3.63) is 47.1 Å². The van der Waals surface area contributed by atoms with E-state index in [4.69, 9.17) is 5.11 Å². The number of benzene rings is 1. The predicted octanol–water partition coefficient (Wildman–Crippen LogP) is 1.43. The zero-order valence-electron chi connectivity index (χ0n) is 17.8. The maximum atomic E-state index is 12.8. The lowest BCUT2D eigenvalue weighted by Gasteiger charge is -2.26. The summed E-state index contributed by atoms with van der Waals surface area (Å²) in [7, 11) is 3.40. The second-order valence-electron chi connectivity index (χ2n) is 7.50. The van der Waals surface area contributed by atoms with E-state index >= 15 is 0 Å². The third-order valence-electron chi connectivity index (χ3n) is 4.97. The standard InChI is InChI=1S/C21H28N6O4/c1-24(2)21(31)25(12-5-13-28)10-3-4-11-26-15-22-19-18(20(26)30)14-23-27(19)16-6-8-17(29)9-7-16/h6-9,14-15,28-29H,3-5,10-13H2,1-2H3. The lowest BCUT2D eigenvalue weighted by atomic mass is 10.2. The molecule has 0 saturated heterocycles. The number of urea groups is 1. The number of nitrogens with zero attached hydrogens (tertiary/aromatic N) is 6. The lowest BCUT2D eigenvalue weighted by molar-refractivity contribution is 0.163. The van der Waals surface area contributed by atoms with Crippen LogP contribution in [0.25, 0.3) is 16.7 Å². The van der Waals surface area contributed by atoms with Gasteiger partial charge in [-0.1, -0.05) is 0 Å². The van der Waals surface area contributed by atoms with Crippen LogP contribution in [-0.4, -0.2) is 79.2 Å². The van der Waals surface area contributed by atoms with Gasteiger partial charge in [0.05, 0.1) is 18.2 Å². The first-order valence-corrected chi connectivity index (χ1v) is 10.2. The Bertz CT molecular complexity index is 1070. The summed E-state index contributed by atoms with van der Waals surface area (Å²) >= 11 is 0. The van der Waals surface area contributed by atoms with Crippen molar-refractivity contribution >= 4 is 17.1 Å². The van der Waals surface area contributed by atoms with Gasteiger partial charge in [0.15, 0.2) is 5.65 Å². The number of phenolic OH excluding ortho intramolecular Hbond substituents is 1. The number of phenols is 1. The first-order valence-electron chi connectivity index (χ1n) is 10.2. The first-order chi connectivity index (χ1) is 14.9. The minimum absolute atomic E-state index is 0.0378. The number of fused-ring (bicyclic) bond motifs is 1. The van der Waals surface area contributed by atoms with Crippen molar-refractivity contribution in [1.82, 2.24) is 29.1 Å². The maximum Gasteiger partial charge on any atom is 0.319 e. The molecule has 3 aromatic rings. The van der Waals surface area contributed by atoms with Crippen LogP contribution in [0.1, 0.15) is 19.3 Å². The number of rotatable bonds is 9. The van der Waals surface area contributed by atoms with Crippen molar-refractivity contribution in [3.63, 3.8) is 0 Å². The number of hydrogen-bond acceptors (Lipinski definition) is 6. The Labute approximate surface area is 180 Å². The van der Waals surface area contributed by atoms with E-state index < -0.39 is 0 Å². The van der Waals surface area contributed by atoms with Gasteiger partial charge in [0, 0.05) is 40.3 Å². The largest absolute Gasteiger partial charge is 0.508 e. The van der Waals surface area contributed by atoms with Gasteiger partial charge in [-0.3, -0.25) is 9.36 Å². The van der Waals surface area contributed by atoms with Gasteiger partial charge in [0.1, 0.15) is 11.1 Å². The van der Waals surface area contributed by atoms with E-state index in [1.807, 2.05) is 0 Å². The van der Waals surface area contributed by atoms with Crippen LogP contribution in [0, 0.1) is 0 Å². The Kier molecular flexibility index (Phi) is 7.24. The molecule has 0 radical (unpaired) electrons. The summed E-state index contributed by atoms with van der Waals surface area (Å²) < 4.78 is 3.11. The fourth-order valence-corrected chi connectivity index (χ4v) is 3.32. The van der Waals surface area contributed by atoms with Gasteiger partial charge in [-0.05, 0) is 43.5 Å². The van der Waals surface area contributed by atoms with Gasteiger partial charge >= 0.3 is 6.03 Å². The summed E-state index contributed by atoms with van der Waals surface area (Å²) in [5.74, 6) is 0.151. The van der Waals surface area contributed by atoms with Crippen molar-refractivity contribution in [1.29, 1.82) is 0 Å². The molecule has 2 aromatic heterocycles. The van der Waals surface area contributed by atoms with Crippen molar-refractivity contribution in [2.75, 3.05) is 33.8 Å². The van der Waals surface area contributed by atoms with E-state index in [9.17, 15) is 14.7 Å². The molecule has 3 rings (SSSR count). The number of hydrogen-bond donors (Lipinski definition) is 2. The maximum absolute atomic E-state index is 12.8. The molecule has 0 spiro atoms. The van der Waals surface area contributed by atoms with E-state index in [1.165, 1.54) is 17.4 Å². The van der Waals surface area contributed by atoms with Crippen molar-refractivity contribution < 1.29 is 15.0 Å². The number of carbonyl (C=O) groups excluding carboxylic acids is 1. The molecule has 0 fully saturated rings. The molecule has 0 saturated carbocycles. The Hall–Kier alpha value is -3.40. The average molecular weight is 428 g/mol. The molecule has 2 N–H and O–H groups in total. The van der Waals surface area contributed by atoms with E-state index in [2.05, 4.69) is 10.1 Å². The van der Waals surface area contributed by atoms with Gasteiger partial charge in [0.25, 0.3) is 5.56 Å². The summed E-state index contributed by atoms with van der Waals surface area (Å²) in [5, 5.41) is 23.2. The van der Waals surface area contributed by atoms with E-state index in [0.29, 0.717) is 49.2 Å². The summed E-state index contributed by atoms with van der Waals surface area (Å²) in [6, 6.07) is 6.42. The molecule has 0 atom stereocenters. The molecule has 0 bridgehead atoms. The molecule has 0 aliphatic rings. The van der Waals surface area contributed by atoms with Crippen molar-refractivity contribution in [2.45, 2.75) is 25.8 Å². The molecule has 0 unspecified atom stereocenters. The molecule has 31 heavy (non-hydrogen) atoms. The monoisotopic (exact) mass is 428 g/mol. The van der Waals surface area contributed by atoms with Crippen LogP contribution < -0.4 is 5.56 Å². The molecule has 0 aliphatic carbocycles. The van der Waals surface area contributed by atoms with Gasteiger partial charge in [-0.15, -0.1) is 0 Å². The molecule has 2 amide bonds. The van der Waals surface area contributed by atoms with E-state index in [0.717, 1.165) is 6.42 Å². The predicted molar refractivity (Wildman–Crippen MR) is 116 cm³/mol. The Morgan fingerprint density at radius 3 is 2.48 bits per heavy atom. The van der Waals surface area contributed by atoms with Crippen molar-refractivity contribution in [2.24, 2.45) is 0 Å². The Balaban J connectivity index is 1.66. The van der Waals surface area contributed by atoms with Crippen LogP contribution in [0.15, 0.2) is 41.6 Å². The second kappa shape index (κ2) is 10.1. The lowest BCUT2D eigenvalue weighted by Crippen LogP contribution is -2.40. The van der Waals surface area contributed by atoms with Gasteiger partial charge < -0.3 is 20.0 Å². The zero-order chi connectivity index (χ0) is 22.4. The minimum Gasteiger partial charge on any atom is -0.508 e. The van der Waals surface area contributed by atoms with Crippen LogP contribution in [-0.2, 0) is 6.54 Å². The quantitative estimate of drug-likeness (QED) is 0.498. The van der Waals surface area contributed by atoms with Crippen LogP contribution in [0.2, 0.25) is 0 Å². The highest BCUT2D eigenvalue weighted by Gasteiger charge is 2.15. The normalized spacial score (nSPS) is 11.1. The average Bonchev–Trinajstić information content (AvgIpc) is 3.19. The van der Waals surface area contributed by atoms with E-state index in [-0.39, 0.29) is 23.9 Å². The zero-order valence-corrected chi connectivity index (χ0v) is 17.8. The number of aromatic hydroxyl groups is 1. The third-order valence-corrected chi connectivity index (χ3v) is 4.97. The molecular formula is C21H28N6O4. The highest BCUT2D eigenvalue weighted by Crippen LogP contribution is 2.16. The third kappa shape index (κ3) is 5.21. The molecule has 10 nitrogen and oxygen atoms in total. The van der Waals surface area contributed by atoms with E-state index in [1.54, 1.807) is 52.5 Å². The molecule has 166 valence electrons. The number of aryl methyl sites for hydroxylation is 1. The van der Waals surface area contributed by atoms with Crippen LogP contribution in [0.5, 0.6) is 5.75 Å². The number of unbranched alkanes of at least 4 members (excludes halogenated alkanes) is 1. The van der Waals surface area contributed by atoms with Crippen LogP contribution >= 0.6 is 0 Å². The number of carbonyl (C=O) groups is 1. The second-order valence-corrected chi connectivity index (χ2v) is 7.50. The topological polar surface area (TPSA) is 117 Å². The summed E-state index contributed by atoms with van der Waals surface area (Å²) in [5.41, 5.74) is 0.987. The summed E-state index contributed by atoms with van der Waals surface area (Å²) in [6.07, 6.45) is 4.97. The highest BCUT2D eigenvalue weighted by atomic mass is 16.3. The minimum atomic E-state index is -0.170. The molecular weight excluding hydrogens is 400 g/mol. The van der Waals surface area contributed by atoms with Gasteiger partial charge in [-0.2, -0.15) is 5.10 Å². The Morgan fingerprint density at radius 1 is 1.10 bits per heavy atom. The van der Waals surface area contributed by atoms with Crippen LogP contribution in [0.3, 0.4) is 0 Å². The molecule has 0 aliphatic heterocycles.